The molecule has 7 heteroatoms. The molecule has 5 rings (SSSR count). The molecule has 2 aromatic carbocycles. The van der Waals surface area contributed by atoms with Gasteiger partial charge < -0.3 is 9.64 Å². The smallest absolute Gasteiger partial charge is 0.209 e. The first-order valence-corrected chi connectivity index (χ1v) is 14.8. The van der Waals surface area contributed by atoms with E-state index in [9.17, 15) is 8.42 Å². The fourth-order valence-corrected chi connectivity index (χ4v) is 6.51. The molecule has 1 aliphatic heterocycles. The lowest BCUT2D eigenvalue weighted by Gasteiger charge is -2.33. The number of nitrogens with zero attached hydrogens (tertiary/aromatic N) is 2. The topological polar surface area (TPSA) is 71.5 Å². The summed E-state index contributed by atoms with van der Waals surface area (Å²) in [6.07, 6.45) is 10.2. The third kappa shape index (κ3) is 6.14. The molecule has 0 radical (unpaired) electrons. The summed E-state index contributed by atoms with van der Waals surface area (Å²) in [4.78, 5) is 6.77. The maximum atomic E-state index is 12.1. The summed E-state index contributed by atoms with van der Waals surface area (Å²) >= 11 is 0. The van der Waals surface area contributed by atoms with Crippen molar-refractivity contribution in [3.63, 3.8) is 0 Å². The maximum Gasteiger partial charge on any atom is 0.209 e. The molecule has 2 atom stereocenters. The van der Waals surface area contributed by atoms with E-state index in [4.69, 9.17) is 4.74 Å². The van der Waals surface area contributed by atoms with Gasteiger partial charge in [0.1, 0.15) is 0 Å². The summed E-state index contributed by atoms with van der Waals surface area (Å²) < 4.78 is 33.5. The molecule has 2 fully saturated rings. The van der Waals surface area contributed by atoms with Gasteiger partial charge in [-0.3, -0.25) is 4.98 Å². The van der Waals surface area contributed by atoms with Crippen LogP contribution in [-0.4, -0.2) is 51.0 Å². The normalized spacial score (nSPS) is 24.6. The highest BCUT2D eigenvalue weighted by atomic mass is 32.2. The van der Waals surface area contributed by atoms with Crippen LogP contribution in [0.25, 0.3) is 11.1 Å². The van der Waals surface area contributed by atoms with Gasteiger partial charge in [-0.2, -0.15) is 0 Å². The van der Waals surface area contributed by atoms with E-state index in [1.807, 2.05) is 30.6 Å². The lowest BCUT2D eigenvalue weighted by atomic mass is 9.83. The third-order valence-electron chi connectivity index (χ3n) is 7.52. The Morgan fingerprint density at radius 3 is 2.31 bits per heavy atom. The van der Waals surface area contributed by atoms with Gasteiger partial charge >= 0.3 is 0 Å². The van der Waals surface area contributed by atoms with Crippen LogP contribution in [0, 0.1) is 0 Å². The van der Waals surface area contributed by atoms with E-state index >= 15 is 0 Å². The highest BCUT2D eigenvalue weighted by Gasteiger charge is 2.37. The van der Waals surface area contributed by atoms with Gasteiger partial charge in [0.25, 0.3) is 0 Å². The standard InChI is InChI=1S/C29H35N3O3S/c1-36(33,34)31-28-16-17-32(26-18-25(19-30-20-26)23-10-6-3-7-11-23)29(28)21-35-27-14-12-24(13-15-27)22-8-4-2-5-9-22/h2-11,18-20,24,27-29,31H,12-17,21H2,1H3/t24-,27+,28?,29-/m0/s1. The van der Waals surface area contributed by atoms with Gasteiger partial charge in [0.05, 0.1) is 36.9 Å². The fourth-order valence-electron chi connectivity index (χ4n) is 5.69. The molecule has 6 nitrogen and oxygen atoms in total. The van der Waals surface area contributed by atoms with Crippen molar-refractivity contribution in [3.8, 4) is 11.1 Å². The minimum Gasteiger partial charge on any atom is -0.376 e. The Morgan fingerprint density at radius 1 is 0.917 bits per heavy atom. The Balaban J connectivity index is 1.28. The first-order chi connectivity index (χ1) is 17.5. The van der Waals surface area contributed by atoms with Gasteiger partial charge in [0, 0.05) is 24.3 Å². The molecule has 190 valence electrons. The average molecular weight is 506 g/mol. The van der Waals surface area contributed by atoms with Crippen molar-refractivity contribution in [1.82, 2.24) is 9.71 Å². The molecule has 1 aromatic heterocycles. The predicted molar refractivity (Wildman–Crippen MR) is 145 cm³/mol. The van der Waals surface area contributed by atoms with E-state index in [2.05, 4.69) is 63.1 Å². The molecular weight excluding hydrogens is 470 g/mol. The highest BCUT2D eigenvalue weighted by molar-refractivity contribution is 7.88. The van der Waals surface area contributed by atoms with E-state index in [0.717, 1.165) is 55.5 Å². The van der Waals surface area contributed by atoms with E-state index in [0.29, 0.717) is 12.5 Å². The van der Waals surface area contributed by atoms with Gasteiger partial charge in [0.15, 0.2) is 0 Å². The SMILES string of the molecule is CS(=O)(=O)NC1CCN(c2cncc(-c3ccccc3)c2)[C@H]1CO[C@H]1CC[C@@H](c2ccccc2)CC1. The zero-order valence-electron chi connectivity index (χ0n) is 20.8. The van der Waals surface area contributed by atoms with Gasteiger partial charge in [-0.05, 0) is 55.2 Å². The number of pyridine rings is 1. The number of anilines is 1. The second-order valence-corrected chi connectivity index (χ2v) is 11.8. The van der Waals surface area contributed by atoms with Crippen molar-refractivity contribution in [2.45, 2.75) is 56.2 Å². The molecule has 2 aliphatic rings. The minimum absolute atomic E-state index is 0.0839. The maximum absolute atomic E-state index is 12.1. The van der Waals surface area contributed by atoms with E-state index in [1.165, 1.54) is 11.8 Å². The zero-order valence-corrected chi connectivity index (χ0v) is 21.6. The summed E-state index contributed by atoms with van der Waals surface area (Å²) in [5.41, 5.74) is 4.57. The molecule has 1 saturated carbocycles. The largest absolute Gasteiger partial charge is 0.376 e. The fraction of sp³-hybridized carbons (Fsp3) is 0.414. The number of rotatable bonds is 8. The molecule has 1 aliphatic carbocycles. The van der Waals surface area contributed by atoms with E-state index < -0.39 is 10.0 Å². The molecular formula is C29H35N3O3S. The number of hydrogen-bond donors (Lipinski definition) is 1. The number of sulfonamides is 1. The highest BCUT2D eigenvalue weighted by Crippen LogP contribution is 2.35. The lowest BCUT2D eigenvalue weighted by molar-refractivity contribution is 0.0157. The Labute approximate surface area is 214 Å². The molecule has 1 N–H and O–H groups in total. The molecule has 0 amide bonds. The van der Waals surface area contributed by atoms with Gasteiger partial charge in [-0.1, -0.05) is 60.7 Å². The lowest BCUT2D eigenvalue weighted by Crippen LogP contribution is -2.48. The van der Waals surface area contributed by atoms with Crippen LogP contribution in [0.3, 0.4) is 0 Å². The van der Waals surface area contributed by atoms with E-state index in [-0.39, 0.29) is 18.2 Å². The zero-order chi connectivity index (χ0) is 25.0. The molecule has 2 heterocycles. The number of aromatic nitrogens is 1. The van der Waals surface area contributed by atoms with Crippen molar-refractivity contribution in [3.05, 3.63) is 84.7 Å². The van der Waals surface area contributed by atoms with Crippen LogP contribution >= 0.6 is 0 Å². The Hall–Kier alpha value is -2.74. The summed E-state index contributed by atoms with van der Waals surface area (Å²) in [7, 11) is -3.33. The van der Waals surface area contributed by atoms with Gasteiger partial charge in [-0.15, -0.1) is 0 Å². The van der Waals surface area contributed by atoms with Gasteiger partial charge in [0.2, 0.25) is 10.0 Å². The minimum atomic E-state index is -3.33. The van der Waals surface area contributed by atoms with Gasteiger partial charge in [-0.25, -0.2) is 13.1 Å². The summed E-state index contributed by atoms with van der Waals surface area (Å²) in [6, 6.07) is 22.8. The third-order valence-corrected chi connectivity index (χ3v) is 8.25. The Kier molecular flexibility index (Phi) is 7.70. The molecule has 1 unspecified atom stereocenters. The van der Waals surface area contributed by atoms with Crippen molar-refractivity contribution >= 4 is 15.7 Å². The van der Waals surface area contributed by atoms with Crippen LogP contribution < -0.4 is 9.62 Å². The van der Waals surface area contributed by atoms with E-state index in [1.54, 1.807) is 0 Å². The first kappa shape index (κ1) is 24.9. The molecule has 0 spiro atoms. The molecule has 0 bridgehead atoms. The van der Waals surface area contributed by atoms with Crippen LogP contribution in [0.2, 0.25) is 0 Å². The molecule has 36 heavy (non-hydrogen) atoms. The second kappa shape index (κ2) is 11.1. The number of hydrogen-bond acceptors (Lipinski definition) is 5. The Morgan fingerprint density at radius 2 is 1.61 bits per heavy atom. The van der Waals surface area contributed by atoms with Crippen LogP contribution in [-0.2, 0) is 14.8 Å². The van der Waals surface area contributed by atoms with Crippen LogP contribution in [0.4, 0.5) is 5.69 Å². The van der Waals surface area contributed by atoms with Crippen LogP contribution in [0.1, 0.15) is 43.6 Å². The van der Waals surface area contributed by atoms with Crippen LogP contribution in [0.5, 0.6) is 0 Å². The number of benzene rings is 2. The first-order valence-electron chi connectivity index (χ1n) is 12.9. The van der Waals surface area contributed by atoms with Crippen molar-refractivity contribution < 1.29 is 13.2 Å². The number of nitrogens with one attached hydrogen (secondary N) is 1. The van der Waals surface area contributed by atoms with Crippen molar-refractivity contribution in [2.24, 2.45) is 0 Å². The predicted octanol–water partition coefficient (Wildman–Crippen LogP) is 4.99. The van der Waals surface area contributed by atoms with Crippen LogP contribution in [0.15, 0.2) is 79.1 Å². The second-order valence-electron chi connectivity index (χ2n) is 10.1. The molecule has 1 saturated heterocycles. The number of ether oxygens (including phenoxy) is 1. The Bertz CT molecular complexity index is 1230. The average Bonchev–Trinajstić information content (AvgIpc) is 3.29. The summed E-state index contributed by atoms with van der Waals surface area (Å²) in [6.45, 7) is 1.24. The monoisotopic (exact) mass is 505 g/mol. The summed E-state index contributed by atoms with van der Waals surface area (Å²) in [5.74, 6) is 0.598. The summed E-state index contributed by atoms with van der Waals surface area (Å²) in [5, 5.41) is 0. The quantitative estimate of drug-likeness (QED) is 0.467. The van der Waals surface area contributed by atoms with Crippen molar-refractivity contribution in [2.75, 3.05) is 24.3 Å². The molecule has 3 aromatic rings. The van der Waals surface area contributed by atoms with Crippen molar-refractivity contribution in [1.29, 1.82) is 0 Å².